The van der Waals surface area contributed by atoms with Gasteiger partial charge in [-0.3, -0.25) is 9.36 Å². The molecule has 3 heterocycles. The fraction of sp³-hybridized carbons (Fsp3) is 0. The van der Waals surface area contributed by atoms with Gasteiger partial charge in [-0.2, -0.15) is 0 Å². The number of imidazole rings is 1. The van der Waals surface area contributed by atoms with Gasteiger partial charge in [-0.05, 0) is 12.1 Å². The van der Waals surface area contributed by atoms with Gasteiger partial charge < -0.3 is 4.98 Å². The predicted molar refractivity (Wildman–Crippen MR) is 84.9 cm³/mol. The van der Waals surface area contributed by atoms with Crippen LogP contribution < -0.4 is 5.56 Å². The minimum Gasteiger partial charge on any atom is -0.322 e. The molecule has 0 saturated carbocycles. The summed E-state index contributed by atoms with van der Waals surface area (Å²) in [6.07, 6.45) is 5.34. The van der Waals surface area contributed by atoms with E-state index in [1.54, 1.807) is 24.7 Å². The van der Waals surface area contributed by atoms with E-state index in [2.05, 4.69) is 15.0 Å². The number of aromatic nitrogens is 4. The molecule has 106 valence electrons. The number of pyridine rings is 2. The van der Waals surface area contributed by atoms with Crippen molar-refractivity contribution in [3.8, 4) is 17.1 Å². The van der Waals surface area contributed by atoms with Crippen molar-refractivity contribution >= 4 is 10.9 Å². The summed E-state index contributed by atoms with van der Waals surface area (Å²) in [5.74, 6) is 0.739. The molecule has 4 rings (SSSR count). The summed E-state index contributed by atoms with van der Waals surface area (Å²) in [6.45, 7) is 0. The van der Waals surface area contributed by atoms with Gasteiger partial charge in [0, 0.05) is 29.4 Å². The number of benzene rings is 1. The third-order valence-corrected chi connectivity index (χ3v) is 3.53. The molecule has 1 aromatic carbocycles. The van der Waals surface area contributed by atoms with Gasteiger partial charge in [-0.1, -0.05) is 30.3 Å². The molecule has 0 radical (unpaired) electrons. The van der Waals surface area contributed by atoms with Crippen LogP contribution in [0, 0.1) is 0 Å². The zero-order chi connectivity index (χ0) is 14.9. The smallest absolute Gasteiger partial charge is 0.248 e. The van der Waals surface area contributed by atoms with Gasteiger partial charge in [0.2, 0.25) is 5.56 Å². The Morgan fingerprint density at radius 3 is 2.68 bits per heavy atom. The largest absolute Gasteiger partial charge is 0.322 e. The van der Waals surface area contributed by atoms with E-state index in [-0.39, 0.29) is 5.56 Å². The Kier molecular flexibility index (Phi) is 2.83. The van der Waals surface area contributed by atoms with Crippen molar-refractivity contribution in [2.45, 2.75) is 0 Å². The number of fused-ring (bicyclic) bond motifs is 1. The highest BCUT2D eigenvalue weighted by Gasteiger charge is 2.08. The zero-order valence-corrected chi connectivity index (χ0v) is 11.6. The Balaban J connectivity index is 1.87. The van der Waals surface area contributed by atoms with E-state index in [0.29, 0.717) is 0 Å². The molecule has 22 heavy (non-hydrogen) atoms. The van der Waals surface area contributed by atoms with Gasteiger partial charge in [0.1, 0.15) is 12.1 Å². The standard InChI is InChI=1S/C17H12N4O/c22-16-7-6-13-14(20-16)8-9-18-17(13)21-10-15(19-11-21)12-4-2-1-3-5-12/h1-11H,(H,20,22). The lowest BCUT2D eigenvalue weighted by atomic mass is 10.2. The minimum absolute atomic E-state index is 0.125. The molecular formula is C17H12N4O. The Morgan fingerprint density at radius 1 is 0.955 bits per heavy atom. The van der Waals surface area contributed by atoms with E-state index < -0.39 is 0 Å². The molecule has 1 N–H and O–H groups in total. The maximum Gasteiger partial charge on any atom is 0.248 e. The van der Waals surface area contributed by atoms with Crippen LogP contribution in [-0.4, -0.2) is 19.5 Å². The monoisotopic (exact) mass is 288 g/mol. The van der Waals surface area contributed by atoms with Gasteiger partial charge >= 0.3 is 0 Å². The number of hydrogen-bond donors (Lipinski definition) is 1. The molecule has 0 amide bonds. The first-order valence-electron chi connectivity index (χ1n) is 6.89. The second-order valence-corrected chi connectivity index (χ2v) is 4.95. The Morgan fingerprint density at radius 2 is 1.82 bits per heavy atom. The second kappa shape index (κ2) is 4.96. The normalized spacial score (nSPS) is 10.9. The number of nitrogens with one attached hydrogen (secondary N) is 1. The van der Waals surface area contributed by atoms with Crippen molar-refractivity contribution in [2.75, 3.05) is 0 Å². The first kappa shape index (κ1) is 12.5. The van der Waals surface area contributed by atoms with Crippen LogP contribution in [0.3, 0.4) is 0 Å². The van der Waals surface area contributed by atoms with Crippen LogP contribution >= 0.6 is 0 Å². The van der Waals surface area contributed by atoms with Gasteiger partial charge in [0.25, 0.3) is 0 Å². The molecular weight excluding hydrogens is 276 g/mol. The van der Waals surface area contributed by atoms with Crippen molar-refractivity contribution in [3.05, 3.63) is 77.6 Å². The number of aromatic amines is 1. The maximum absolute atomic E-state index is 11.4. The Hall–Kier alpha value is -3.21. The van der Waals surface area contributed by atoms with Gasteiger partial charge in [-0.25, -0.2) is 9.97 Å². The van der Waals surface area contributed by atoms with Crippen LogP contribution in [0.15, 0.2) is 72.0 Å². The molecule has 0 bridgehead atoms. The summed E-state index contributed by atoms with van der Waals surface area (Å²) in [4.78, 5) is 23.1. The van der Waals surface area contributed by atoms with E-state index in [4.69, 9.17) is 0 Å². The van der Waals surface area contributed by atoms with Crippen LogP contribution in [0.5, 0.6) is 0 Å². The van der Waals surface area contributed by atoms with Crippen molar-refractivity contribution < 1.29 is 0 Å². The maximum atomic E-state index is 11.4. The SMILES string of the molecule is O=c1ccc2c(-n3cnc(-c4ccccc4)c3)nccc2[nH]1. The molecule has 3 aromatic heterocycles. The number of H-pyrrole nitrogens is 1. The lowest BCUT2D eigenvalue weighted by Crippen LogP contribution is -2.04. The summed E-state index contributed by atoms with van der Waals surface area (Å²) in [5.41, 5.74) is 2.56. The predicted octanol–water partition coefficient (Wildman–Crippen LogP) is 2.78. The van der Waals surface area contributed by atoms with Crippen LogP contribution in [0.2, 0.25) is 0 Å². The van der Waals surface area contributed by atoms with Crippen LogP contribution in [-0.2, 0) is 0 Å². The third kappa shape index (κ3) is 2.09. The van der Waals surface area contributed by atoms with E-state index in [9.17, 15) is 4.79 Å². The highest BCUT2D eigenvalue weighted by atomic mass is 16.1. The molecule has 0 fully saturated rings. The first-order chi connectivity index (χ1) is 10.8. The second-order valence-electron chi connectivity index (χ2n) is 4.95. The molecule has 0 aliphatic rings. The van der Waals surface area contributed by atoms with Crippen molar-refractivity contribution in [1.82, 2.24) is 19.5 Å². The van der Waals surface area contributed by atoms with Gasteiger partial charge in [-0.15, -0.1) is 0 Å². The molecule has 5 heteroatoms. The number of hydrogen-bond acceptors (Lipinski definition) is 3. The highest BCUT2D eigenvalue weighted by molar-refractivity contribution is 5.85. The van der Waals surface area contributed by atoms with E-state index in [1.807, 2.05) is 41.1 Å². The summed E-state index contributed by atoms with van der Waals surface area (Å²) in [5, 5.41) is 0.874. The molecule has 0 unspecified atom stereocenters. The molecule has 0 aliphatic heterocycles. The third-order valence-electron chi connectivity index (χ3n) is 3.53. The fourth-order valence-electron chi connectivity index (χ4n) is 2.47. The van der Waals surface area contributed by atoms with E-state index in [0.717, 1.165) is 28.0 Å². The quantitative estimate of drug-likeness (QED) is 0.617. The summed E-state index contributed by atoms with van der Waals surface area (Å²) < 4.78 is 1.86. The van der Waals surface area contributed by atoms with Crippen LogP contribution in [0.1, 0.15) is 0 Å². The van der Waals surface area contributed by atoms with E-state index in [1.165, 1.54) is 6.07 Å². The molecule has 4 aromatic rings. The Bertz CT molecular complexity index is 1000. The molecule has 0 spiro atoms. The summed E-state index contributed by atoms with van der Waals surface area (Å²) in [7, 11) is 0. The van der Waals surface area contributed by atoms with Crippen LogP contribution in [0.25, 0.3) is 28.0 Å². The van der Waals surface area contributed by atoms with Crippen molar-refractivity contribution in [1.29, 1.82) is 0 Å². The zero-order valence-electron chi connectivity index (χ0n) is 11.6. The van der Waals surface area contributed by atoms with Crippen molar-refractivity contribution in [3.63, 3.8) is 0 Å². The lowest BCUT2D eigenvalue weighted by Gasteiger charge is -2.05. The highest BCUT2D eigenvalue weighted by Crippen LogP contribution is 2.21. The van der Waals surface area contributed by atoms with Gasteiger partial charge in [0.05, 0.1) is 11.2 Å². The topological polar surface area (TPSA) is 63.6 Å². The summed E-state index contributed by atoms with van der Waals surface area (Å²) >= 11 is 0. The minimum atomic E-state index is -0.125. The molecule has 0 saturated heterocycles. The van der Waals surface area contributed by atoms with Gasteiger partial charge in [0.15, 0.2) is 0 Å². The number of nitrogens with zero attached hydrogens (tertiary/aromatic N) is 3. The van der Waals surface area contributed by atoms with E-state index >= 15 is 0 Å². The fourth-order valence-corrected chi connectivity index (χ4v) is 2.47. The van der Waals surface area contributed by atoms with Crippen molar-refractivity contribution in [2.24, 2.45) is 0 Å². The lowest BCUT2D eigenvalue weighted by molar-refractivity contribution is 1.01. The molecule has 0 atom stereocenters. The summed E-state index contributed by atoms with van der Waals surface area (Å²) in [6, 6.07) is 15.0. The first-order valence-corrected chi connectivity index (χ1v) is 6.89. The molecule has 0 aliphatic carbocycles. The Labute approximate surface area is 125 Å². The average molecular weight is 288 g/mol. The average Bonchev–Trinajstić information content (AvgIpc) is 3.04. The number of rotatable bonds is 2. The molecule has 5 nitrogen and oxygen atoms in total. The van der Waals surface area contributed by atoms with Crippen LogP contribution in [0.4, 0.5) is 0 Å².